The van der Waals surface area contributed by atoms with E-state index in [1.807, 2.05) is 26.0 Å². The van der Waals surface area contributed by atoms with Crippen molar-refractivity contribution >= 4 is 21.8 Å². The van der Waals surface area contributed by atoms with Crippen molar-refractivity contribution in [1.29, 1.82) is 0 Å². The number of imidazole rings is 1. The van der Waals surface area contributed by atoms with E-state index in [0.29, 0.717) is 17.9 Å². The topological polar surface area (TPSA) is 56.2 Å². The molecule has 6 heteroatoms. The molecule has 1 aromatic heterocycles. The van der Waals surface area contributed by atoms with Crippen LogP contribution in [0.4, 0.5) is 0 Å². The van der Waals surface area contributed by atoms with Gasteiger partial charge in [-0.2, -0.15) is 0 Å². The minimum absolute atomic E-state index is 0.223. The van der Waals surface area contributed by atoms with Crippen LogP contribution in [0.25, 0.3) is 0 Å². The van der Waals surface area contributed by atoms with Gasteiger partial charge in [0, 0.05) is 6.42 Å². The van der Waals surface area contributed by atoms with Crippen LogP contribution in [-0.2, 0) is 6.42 Å². The number of carbonyl (C=O) groups is 1. The van der Waals surface area contributed by atoms with Crippen molar-refractivity contribution in [3.63, 3.8) is 0 Å². The van der Waals surface area contributed by atoms with Gasteiger partial charge in [-0.25, -0.2) is 9.66 Å². The number of ether oxygens (including phenoxy) is 1. The molecular formula is C16H20BrN3O2. The summed E-state index contributed by atoms with van der Waals surface area (Å²) in [5.41, 5.74) is 4.24. The molecule has 0 saturated carbocycles. The molecule has 0 aliphatic heterocycles. The second-order valence-electron chi connectivity index (χ2n) is 4.86. The quantitative estimate of drug-likeness (QED) is 0.848. The summed E-state index contributed by atoms with van der Waals surface area (Å²) in [5, 5.41) is 0. The Bertz CT molecular complexity index is 667. The average Bonchev–Trinajstić information content (AvgIpc) is 2.76. The maximum absolute atomic E-state index is 12.6. The van der Waals surface area contributed by atoms with Crippen molar-refractivity contribution in [2.75, 3.05) is 12.0 Å². The highest BCUT2D eigenvalue weighted by molar-refractivity contribution is 9.10. The zero-order valence-corrected chi connectivity index (χ0v) is 14.6. The highest BCUT2D eigenvalue weighted by Gasteiger charge is 2.17. The maximum Gasteiger partial charge on any atom is 0.273 e. The number of nitrogens with zero attached hydrogens (tertiary/aromatic N) is 2. The van der Waals surface area contributed by atoms with E-state index in [0.717, 1.165) is 29.0 Å². The molecule has 2 aromatic rings. The average molecular weight is 366 g/mol. The number of hydrogen-bond donors (Lipinski definition) is 1. The summed E-state index contributed by atoms with van der Waals surface area (Å²) >= 11 is 3.48. The van der Waals surface area contributed by atoms with Gasteiger partial charge in [0.25, 0.3) is 5.91 Å². The maximum atomic E-state index is 12.6. The molecule has 1 aromatic carbocycles. The van der Waals surface area contributed by atoms with Crippen LogP contribution < -0.4 is 10.2 Å². The molecule has 0 atom stereocenters. The molecule has 0 fully saturated rings. The summed E-state index contributed by atoms with van der Waals surface area (Å²) in [6, 6.07) is 7.21. The van der Waals surface area contributed by atoms with E-state index in [1.54, 1.807) is 16.8 Å². The molecule has 0 unspecified atom stereocenters. The number of rotatable bonds is 6. The number of hydrogen-bond acceptors (Lipinski definition) is 3. The molecule has 0 bridgehead atoms. The third-order valence-electron chi connectivity index (χ3n) is 3.17. The minimum atomic E-state index is -0.223. The van der Waals surface area contributed by atoms with Crippen molar-refractivity contribution in [2.24, 2.45) is 0 Å². The Labute approximate surface area is 138 Å². The molecule has 5 nitrogen and oxygen atoms in total. The van der Waals surface area contributed by atoms with Crippen molar-refractivity contribution in [3.05, 3.63) is 46.0 Å². The van der Waals surface area contributed by atoms with E-state index >= 15 is 0 Å². The Morgan fingerprint density at radius 2 is 2.09 bits per heavy atom. The summed E-state index contributed by atoms with van der Waals surface area (Å²) in [7, 11) is 0. The van der Waals surface area contributed by atoms with Crippen LogP contribution in [0.1, 0.15) is 42.1 Å². The Kier molecular flexibility index (Phi) is 5.60. The molecule has 1 heterocycles. The molecular weight excluding hydrogens is 346 g/mol. The van der Waals surface area contributed by atoms with Gasteiger partial charge in [0.1, 0.15) is 16.2 Å². The zero-order valence-electron chi connectivity index (χ0n) is 13.0. The van der Waals surface area contributed by atoms with Gasteiger partial charge in [0.2, 0.25) is 0 Å². The van der Waals surface area contributed by atoms with Crippen LogP contribution >= 0.6 is 15.9 Å². The monoisotopic (exact) mass is 365 g/mol. The van der Waals surface area contributed by atoms with Gasteiger partial charge in [-0.1, -0.05) is 19.1 Å². The SMILES string of the molecule is CCCc1nc(C)c(Br)n1NC(=O)c1ccccc1OCC. The summed E-state index contributed by atoms with van der Waals surface area (Å²) < 4.78 is 7.97. The van der Waals surface area contributed by atoms with Gasteiger partial charge in [0.05, 0.1) is 17.9 Å². The third-order valence-corrected chi connectivity index (χ3v) is 4.10. The fourth-order valence-electron chi connectivity index (χ4n) is 2.17. The van der Waals surface area contributed by atoms with Gasteiger partial charge in [-0.15, -0.1) is 0 Å². The first-order chi connectivity index (χ1) is 10.6. The van der Waals surface area contributed by atoms with E-state index < -0.39 is 0 Å². The second kappa shape index (κ2) is 7.45. The summed E-state index contributed by atoms with van der Waals surface area (Å²) in [6.45, 7) is 6.39. The highest BCUT2D eigenvalue weighted by atomic mass is 79.9. The summed E-state index contributed by atoms with van der Waals surface area (Å²) in [5.74, 6) is 1.18. The number of aryl methyl sites for hydroxylation is 2. The van der Waals surface area contributed by atoms with Gasteiger partial charge in [-0.05, 0) is 48.3 Å². The van der Waals surface area contributed by atoms with Gasteiger partial charge in [-0.3, -0.25) is 10.2 Å². The fourth-order valence-corrected chi connectivity index (χ4v) is 2.55. The van der Waals surface area contributed by atoms with E-state index in [1.165, 1.54) is 0 Å². The van der Waals surface area contributed by atoms with Gasteiger partial charge in [0.15, 0.2) is 0 Å². The number of carbonyl (C=O) groups excluding carboxylic acids is 1. The summed E-state index contributed by atoms with van der Waals surface area (Å²) in [6.07, 6.45) is 1.74. The molecule has 0 saturated heterocycles. The smallest absolute Gasteiger partial charge is 0.273 e. The Balaban J connectivity index is 2.30. The first-order valence-corrected chi connectivity index (χ1v) is 8.14. The zero-order chi connectivity index (χ0) is 16.1. The number of aromatic nitrogens is 2. The molecule has 2 rings (SSSR count). The van der Waals surface area contributed by atoms with Gasteiger partial charge >= 0.3 is 0 Å². The Morgan fingerprint density at radius 1 is 1.36 bits per heavy atom. The van der Waals surface area contributed by atoms with E-state index in [4.69, 9.17) is 4.74 Å². The normalized spacial score (nSPS) is 10.5. The predicted molar refractivity (Wildman–Crippen MR) is 90.0 cm³/mol. The molecule has 22 heavy (non-hydrogen) atoms. The Morgan fingerprint density at radius 3 is 2.77 bits per heavy atom. The van der Waals surface area contributed by atoms with Gasteiger partial charge < -0.3 is 4.74 Å². The van der Waals surface area contributed by atoms with Crippen molar-refractivity contribution in [1.82, 2.24) is 9.66 Å². The van der Waals surface area contributed by atoms with Crippen LogP contribution in [0.2, 0.25) is 0 Å². The number of nitrogens with one attached hydrogen (secondary N) is 1. The molecule has 0 aliphatic rings. The van der Waals surface area contributed by atoms with Crippen LogP contribution in [0.3, 0.4) is 0 Å². The molecule has 0 spiro atoms. The fraction of sp³-hybridized carbons (Fsp3) is 0.375. The third kappa shape index (κ3) is 3.50. The van der Waals surface area contributed by atoms with Crippen molar-refractivity contribution in [3.8, 4) is 5.75 Å². The standard InChI is InChI=1S/C16H20BrN3O2/c1-4-8-14-18-11(3)15(17)20(14)19-16(21)12-9-6-7-10-13(12)22-5-2/h6-7,9-10H,4-5,8H2,1-3H3,(H,19,21). The number of benzene rings is 1. The number of halogens is 1. The van der Waals surface area contributed by atoms with Crippen LogP contribution in [0, 0.1) is 6.92 Å². The Hall–Kier alpha value is -1.82. The second-order valence-corrected chi connectivity index (χ2v) is 5.61. The minimum Gasteiger partial charge on any atom is -0.493 e. The molecule has 0 aliphatic carbocycles. The molecule has 1 N–H and O–H groups in total. The summed E-state index contributed by atoms with van der Waals surface area (Å²) in [4.78, 5) is 17.0. The van der Waals surface area contributed by atoms with E-state index in [-0.39, 0.29) is 5.91 Å². The van der Waals surface area contributed by atoms with Crippen molar-refractivity contribution < 1.29 is 9.53 Å². The predicted octanol–water partition coefficient (Wildman–Crippen LogP) is 3.69. The largest absolute Gasteiger partial charge is 0.493 e. The lowest BCUT2D eigenvalue weighted by Gasteiger charge is -2.13. The molecule has 0 radical (unpaired) electrons. The highest BCUT2D eigenvalue weighted by Crippen LogP contribution is 2.21. The lowest BCUT2D eigenvalue weighted by molar-refractivity contribution is 0.100. The molecule has 118 valence electrons. The van der Waals surface area contributed by atoms with E-state index in [9.17, 15) is 4.79 Å². The first kappa shape index (κ1) is 16.5. The first-order valence-electron chi connectivity index (χ1n) is 7.35. The van der Waals surface area contributed by atoms with Crippen LogP contribution in [0.15, 0.2) is 28.9 Å². The molecule has 1 amide bonds. The number of para-hydroxylation sites is 1. The van der Waals surface area contributed by atoms with Crippen LogP contribution in [0.5, 0.6) is 5.75 Å². The lowest BCUT2D eigenvalue weighted by Crippen LogP contribution is -2.25. The lowest BCUT2D eigenvalue weighted by atomic mass is 10.2. The van der Waals surface area contributed by atoms with E-state index in [2.05, 4.69) is 33.3 Å². The van der Waals surface area contributed by atoms with Crippen molar-refractivity contribution in [2.45, 2.75) is 33.6 Å². The van der Waals surface area contributed by atoms with Crippen LogP contribution in [-0.4, -0.2) is 22.2 Å². The number of amides is 1.